The molecule has 0 fully saturated rings. The van der Waals surface area contributed by atoms with Gasteiger partial charge in [-0.1, -0.05) is 36.4 Å². The summed E-state index contributed by atoms with van der Waals surface area (Å²) in [4.78, 5) is 5.49. The lowest BCUT2D eigenvalue weighted by Gasteiger charge is -2.11. The van der Waals surface area contributed by atoms with Crippen LogP contribution >= 0.6 is 35.3 Å². The van der Waals surface area contributed by atoms with E-state index in [1.165, 1.54) is 4.88 Å². The molecular weight excluding hydrogens is 481 g/mol. The van der Waals surface area contributed by atoms with Crippen molar-refractivity contribution in [1.29, 1.82) is 0 Å². The van der Waals surface area contributed by atoms with Crippen LogP contribution in [0.25, 0.3) is 0 Å². The fourth-order valence-electron chi connectivity index (χ4n) is 2.38. The normalized spacial score (nSPS) is 11.7. The molecule has 5 nitrogen and oxygen atoms in total. The summed E-state index contributed by atoms with van der Waals surface area (Å²) < 4.78 is 24.3. The van der Waals surface area contributed by atoms with Gasteiger partial charge in [0, 0.05) is 25.0 Å². The summed E-state index contributed by atoms with van der Waals surface area (Å²) in [7, 11) is -1.37. The van der Waals surface area contributed by atoms with Gasteiger partial charge in [0.2, 0.25) is 0 Å². The van der Waals surface area contributed by atoms with Crippen LogP contribution in [0.4, 0.5) is 0 Å². The number of hydrogen-bond donors (Lipinski definition) is 2. The molecule has 2 rings (SSSR count). The fraction of sp³-hybridized carbons (Fsp3) is 0.389. The predicted octanol–water partition coefficient (Wildman–Crippen LogP) is 3.08. The Morgan fingerprint density at radius 2 is 1.81 bits per heavy atom. The third kappa shape index (κ3) is 9.00. The number of nitrogens with one attached hydrogen (secondary N) is 2. The molecule has 0 saturated carbocycles. The first-order chi connectivity index (χ1) is 12.1. The number of rotatable bonds is 9. The van der Waals surface area contributed by atoms with E-state index in [4.69, 9.17) is 0 Å². The average Bonchev–Trinajstić information content (AvgIpc) is 3.11. The standard InChI is InChI=1S/C18H25N3O2S2.HI/c1-19-18(21-12-10-17-9-5-13-24-17)20-11-6-14-25(22,23)15-16-7-3-2-4-8-16;/h2-5,7-9,13H,6,10-12,14-15H2,1H3,(H2,19,20,21);1H. The minimum Gasteiger partial charge on any atom is -0.356 e. The highest BCUT2D eigenvalue weighted by molar-refractivity contribution is 14.0. The van der Waals surface area contributed by atoms with E-state index in [-0.39, 0.29) is 35.5 Å². The number of benzene rings is 1. The Morgan fingerprint density at radius 3 is 2.46 bits per heavy atom. The van der Waals surface area contributed by atoms with Crippen molar-refractivity contribution in [3.63, 3.8) is 0 Å². The summed E-state index contributed by atoms with van der Waals surface area (Å²) in [6.07, 6.45) is 1.50. The van der Waals surface area contributed by atoms with Gasteiger partial charge >= 0.3 is 0 Å². The molecule has 0 atom stereocenters. The molecule has 144 valence electrons. The van der Waals surface area contributed by atoms with Crippen molar-refractivity contribution in [2.24, 2.45) is 4.99 Å². The highest BCUT2D eigenvalue weighted by Crippen LogP contribution is 2.08. The van der Waals surface area contributed by atoms with E-state index in [2.05, 4.69) is 27.1 Å². The summed E-state index contributed by atoms with van der Waals surface area (Å²) in [6, 6.07) is 13.4. The molecule has 0 aliphatic carbocycles. The Morgan fingerprint density at radius 1 is 1.08 bits per heavy atom. The van der Waals surface area contributed by atoms with Crippen LogP contribution in [0, 0.1) is 0 Å². The monoisotopic (exact) mass is 507 g/mol. The maximum absolute atomic E-state index is 12.1. The van der Waals surface area contributed by atoms with Gasteiger partial charge in [0.1, 0.15) is 0 Å². The molecule has 0 radical (unpaired) electrons. The summed E-state index contributed by atoms with van der Waals surface area (Å²) >= 11 is 1.74. The molecule has 0 aliphatic rings. The molecule has 1 heterocycles. The van der Waals surface area contributed by atoms with E-state index >= 15 is 0 Å². The van der Waals surface area contributed by atoms with Gasteiger partial charge in [-0.3, -0.25) is 4.99 Å². The Balaban J connectivity index is 0.00000338. The quantitative estimate of drug-likeness (QED) is 0.237. The maximum atomic E-state index is 12.1. The van der Waals surface area contributed by atoms with Crippen molar-refractivity contribution in [1.82, 2.24) is 10.6 Å². The van der Waals surface area contributed by atoms with Gasteiger partial charge in [-0.25, -0.2) is 8.42 Å². The minimum absolute atomic E-state index is 0. The van der Waals surface area contributed by atoms with E-state index in [1.807, 2.05) is 36.4 Å². The summed E-state index contributed by atoms with van der Waals surface area (Å²) in [5, 5.41) is 8.47. The molecular formula is C18H26IN3O2S2. The lowest BCUT2D eigenvalue weighted by Crippen LogP contribution is -2.39. The molecule has 0 bridgehead atoms. The minimum atomic E-state index is -3.08. The third-order valence-electron chi connectivity index (χ3n) is 3.62. The van der Waals surface area contributed by atoms with Crippen molar-refractivity contribution in [3.8, 4) is 0 Å². The molecule has 0 saturated heterocycles. The van der Waals surface area contributed by atoms with E-state index in [9.17, 15) is 8.42 Å². The topological polar surface area (TPSA) is 70.6 Å². The second kappa shape index (κ2) is 12.3. The second-order valence-electron chi connectivity index (χ2n) is 5.69. The number of thiophene rings is 1. The number of hydrogen-bond acceptors (Lipinski definition) is 4. The van der Waals surface area contributed by atoms with E-state index in [0.717, 1.165) is 18.5 Å². The largest absolute Gasteiger partial charge is 0.356 e. The van der Waals surface area contributed by atoms with Gasteiger partial charge in [-0.15, -0.1) is 35.3 Å². The molecule has 2 N–H and O–H groups in total. The first-order valence-electron chi connectivity index (χ1n) is 8.30. The van der Waals surface area contributed by atoms with Gasteiger partial charge < -0.3 is 10.6 Å². The average molecular weight is 507 g/mol. The van der Waals surface area contributed by atoms with Crippen LogP contribution < -0.4 is 10.6 Å². The van der Waals surface area contributed by atoms with Gasteiger partial charge in [-0.05, 0) is 29.9 Å². The zero-order valence-corrected chi connectivity index (χ0v) is 18.8. The first-order valence-corrected chi connectivity index (χ1v) is 11.0. The van der Waals surface area contributed by atoms with Crippen LogP contribution in [0.5, 0.6) is 0 Å². The number of halogens is 1. The van der Waals surface area contributed by atoms with Crippen molar-refractivity contribution >= 4 is 51.1 Å². The number of guanidine groups is 1. The van der Waals surface area contributed by atoms with Crippen LogP contribution in [0.2, 0.25) is 0 Å². The highest BCUT2D eigenvalue weighted by Gasteiger charge is 2.11. The molecule has 8 heteroatoms. The van der Waals surface area contributed by atoms with Crippen LogP contribution in [0.1, 0.15) is 16.9 Å². The van der Waals surface area contributed by atoms with Crippen LogP contribution in [0.15, 0.2) is 52.8 Å². The smallest absolute Gasteiger partial charge is 0.190 e. The Kier molecular flexibility index (Phi) is 10.8. The zero-order chi connectivity index (χ0) is 18.0. The highest BCUT2D eigenvalue weighted by atomic mass is 127. The van der Waals surface area contributed by atoms with Gasteiger partial charge in [-0.2, -0.15) is 0 Å². The number of aliphatic imine (C=N–C) groups is 1. The Bertz CT molecular complexity index is 748. The van der Waals surface area contributed by atoms with Gasteiger partial charge in [0.25, 0.3) is 0 Å². The molecule has 0 unspecified atom stereocenters. The fourth-order valence-corrected chi connectivity index (χ4v) is 4.52. The van der Waals surface area contributed by atoms with Crippen LogP contribution in [-0.2, 0) is 22.0 Å². The molecule has 0 spiro atoms. The lowest BCUT2D eigenvalue weighted by atomic mass is 10.2. The number of nitrogens with zero attached hydrogens (tertiary/aromatic N) is 1. The Hall–Kier alpha value is -1.13. The first kappa shape index (κ1) is 22.9. The van der Waals surface area contributed by atoms with Gasteiger partial charge in [0.05, 0.1) is 11.5 Å². The van der Waals surface area contributed by atoms with Crippen molar-refractivity contribution in [2.75, 3.05) is 25.9 Å². The van der Waals surface area contributed by atoms with E-state index in [0.29, 0.717) is 18.9 Å². The summed E-state index contributed by atoms with van der Waals surface area (Å²) in [6.45, 7) is 1.37. The summed E-state index contributed by atoms with van der Waals surface area (Å²) in [5.74, 6) is 0.972. The zero-order valence-electron chi connectivity index (χ0n) is 14.8. The van der Waals surface area contributed by atoms with Crippen LogP contribution in [0.3, 0.4) is 0 Å². The van der Waals surface area contributed by atoms with E-state index < -0.39 is 9.84 Å². The second-order valence-corrected chi connectivity index (χ2v) is 8.90. The van der Waals surface area contributed by atoms with Crippen molar-refractivity contribution in [3.05, 3.63) is 58.3 Å². The van der Waals surface area contributed by atoms with Crippen molar-refractivity contribution in [2.45, 2.75) is 18.6 Å². The maximum Gasteiger partial charge on any atom is 0.190 e. The van der Waals surface area contributed by atoms with Crippen molar-refractivity contribution < 1.29 is 8.42 Å². The molecule has 0 amide bonds. The third-order valence-corrected chi connectivity index (χ3v) is 6.24. The number of sulfone groups is 1. The molecule has 1 aromatic heterocycles. The lowest BCUT2D eigenvalue weighted by molar-refractivity contribution is 0.591. The SMILES string of the molecule is CN=C(NCCCS(=O)(=O)Cc1ccccc1)NCCc1cccs1.I. The van der Waals surface area contributed by atoms with E-state index in [1.54, 1.807) is 18.4 Å². The molecule has 0 aliphatic heterocycles. The Labute approximate surface area is 177 Å². The molecule has 1 aromatic carbocycles. The predicted molar refractivity (Wildman–Crippen MR) is 121 cm³/mol. The molecule has 26 heavy (non-hydrogen) atoms. The van der Waals surface area contributed by atoms with Crippen LogP contribution in [-0.4, -0.2) is 40.3 Å². The summed E-state index contributed by atoms with van der Waals surface area (Å²) in [5.41, 5.74) is 0.835. The van der Waals surface area contributed by atoms with Gasteiger partial charge in [0.15, 0.2) is 15.8 Å². The molecule has 2 aromatic rings.